The summed E-state index contributed by atoms with van der Waals surface area (Å²) >= 11 is 5.93. The van der Waals surface area contributed by atoms with E-state index in [2.05, 4.69) is 0 Å². The molecule has 1 atom stereocenters. The predicted molar refractivity (Wildman–Crippen MR) is 87.3 cm³/mol. The van der Waals surface area contributed by atoms with E-state index in [0.29, 0.717) is 22.9 Å². The molecule has 1 saturated heterocycles. The summed E-state index contributed by atoms with van der Waals surface area (Å²) in [7, 11) is 1.54. The van der Waals surface area contributed by atoms with E-state index in [9.17, 15) is 9.59 Å². The van der Waals surface area contributed by atoms with Crippen LogP contribution in [0.1, 0.15) is 18.4 Å². The number of primary amides is 1. The van der Waals surface area contributed by atoms with Crippen LogP contribution in [0.25, 0.3) is 6.08 Å². The van der Waals surface area contributed by atoms with Crippen LogP contribution in [0.4, 0.5) is 4.79 Å². The van der Waals surface area contributed by atoms with Gasteiger partial charge in [0.25, 0.3) is 0 Å². The molecule has 1 aromatic carbocycles. The van der Waals surface area contributed by atoms with Crippen molar-refractivity contribution in [2.45, 2.75) is 18.9 Å². The van der Waals surface area contributed by atoms with Crippen LogP contribution >= 0.6 is 11.6 Å². The zero-order chi connectivity index (χ0) is 16.8. The van der Waals surface area contributed by atoms with Crippen LogP contribution in [0.15, 0.2) is 24.3 Å². The number of nitrogens with zero attached hydrogens (tertiary/aromatic N) is 1. The molecule has 6 nitrogen and oxygen atoms in total. The maximum atomic E-state index is 11.8. The molecule has 2 rings (SSSR count). The van der Waals surface area contributed by atoms with Crippen LogP contribution < -0.4 is 10.5 Å². The van der Waals surface area contributed by atoms with Gasteiger partial charge in [-0.2, -0.15) is 0 Å². The highest BCUT2D eigenvalue weighted by Crippen LogP contribution is 2.24. The number of carbonyl (C=O) groups excluding carboxylic acids is 2. The summed E-state index contributed by atoms with van der Waals surface area (Å²) < 4.78 is 10.4. The first kappa shape index (κ1) is 17.1. The molecule has 1 aromatic rings. The fourth-order valence-corrected chi connectivity index (χ4v) is 2.70. The second kappa shape index (κ2) is 7.87. The Bertz CT molecular complexity index is 618. The summed E-state index contributed by atoms with van der Waals surface area (Å²) in [6.45, 7) is 0.742. The molecule has 0 radical (unpaired) electrons. The third kappa shape index (κ3) is 4.63. The zero-order valence-corrected chi connectivity index (χ0v) is 13.6. The molecule has 1 aliphatic rings. The number of benzene rings is 1. The van der Waals surface area contributed by atoms with Crippen molar-refractivity contribution in [3.8, 4) is 5.75 Å². The molecule has 1 heterocycles. The van der Waals surface area contributed by atoms with Gasteiger partial charge in [-0.1, -0.05) is 11.6 Å². The van der Waals surface area contributed by atoms with Gasteiger partial charge in [-0.25, -0.2) is 9.59 Å². The van der Waals surface area contributed by atoms with Crippen LogP contribution in [0, 0.1) is 0 Å². The summed E-state index contributed by atoms with van der Waals surface area (Å²) in [6, 6.07) is 4.48. The first-order chi connectivity index (χ1) is 11.0. The van der Waals surface area contributed by atoms with Crippen molar-refractivity contribution in [3.63, 3.8) is 0 Å². The Morgan fingerprint density at radius 3 is 2.96 bits per heavy atom. The van der Waals surface area contributed by atoms with E-state index in [4.69, 9.17) is 26.8 Å². The van der Waals surface area contributed by atoms with Gasteiger partial charge in [0.1, 0.15) is 12.4 Å². The molecule has 2 N–H and O–H groups in total. The Morgan fingerprint density at radius 2 is 2.26 bits per heavy atom. The second-order valence-electron chi connectivity index (χ2n) is 5.18. The molecule has 23 heavy (non-hydrogen) atoms. The Kier molecular flexibility index (Phi) is 5.87. The highest BCUT2D eigenvalue weighted by Gasteiger charge is 2.27. The lowest BCUT2D eigenvalue weighted by Crippen LogP contribution is -2.41. The zero-order valence-electron chi connectivity index (χ0n) is 12.8. The summed E-state index contributed by atoms with van der Waals surface area (Å²) in [5.74, 6) is 0.109. The quantitative estimate of drug-likeness (QED) is 0.660. The predicted octanol–water partition coefficient (Wildman–Crippen LogP) is 2.45. The van der Waals surface area contributed by atoms with E-state index in [-0.39, 0.29) is 12.6 Å². The van der Waals surface area contributed by atoms with Gasteiger partial charge < -0.3 is 20.1 Å². The molecular formula is C16H19ClN2O4. The number of carbonyl (C=O) groups is 2. The Balaban J connectivity index is 1.92. The van der Waals surface area contributed by atoms with Gasteiger partial charge >= 0.3 is 12.0 Å². The average molecular weight is 339 g/mol. The summed E-state index contributed by atoms with van der Waals surface area (Å²) in [4.78, 5) is 24.6. The lowest BCUT2D eigenvalue weighted by Gasteiger charge is -2.21. The van der Waals surface area contributed by atoms with Gasteiger partial charge in [-0.05, 0) is 37.1 Å². The summed E-state index contributed by atoms with van der Waals surface area (Å²) in [5, 5.41) is 0.543. The van der Waals surface area contributed by atoms with E-state index in [1.807, 2.05) is 0 Å². The number of methoxy groups -OCH3 is 1. The standard InChI is InChI=1S/C16H19ClN2O4/c1-22-14-6-5-12(17)9-11(14)4-7-15(20)23-10-13-3-2-8-19(13)16(18)21/h4-7,9,13H,2-3,8,10H2,1H3,(H2,18,21). The lowest BCUT2D eigenvalue weighted by atomic mass is 10.2. The number of rotatable bonds is 5. The Labute approximate surface area is 139 Å². The molecule has 0 spiro atoms. The van der Waals surface area contributed by atoms with Gasteiger partial charge in [-0.15, -0.1) is 0 Å². The van der Waals surface area contributed by atoms with Crippen molar-refractivity contribution in [1.29, 1.82) is 0 Å². The number of likely N-dealkylation sites (tertiary alicyclic amines) is 1. The highest BCUT2D eigenvalue weighted by atomic mass is 35.5. The molecule has 7 heteroatoms. The van der Waals surface area contributed by atoms with Gasteiger partial charge in [0.05, 0.1) is 13.2 Å². The van der Waals surface area contributed by atoms with Crippen LogP contribution in [0.5, 0.6) is 5.75 Å². The van der Waals surface area contributed by atoms with Gasteiger partial charge in [0, 0.05) is 23.2 Å². The van der Waals surface area contributed by atoms with Crippen LogP contribution in [0.2, 0.25) is 5.02 Å². The van der Waals surface area contributed by atoms with E-state index in [1.165, 1.54) is 18.1 Å². The number of hydrogen-bond donors (Lipinski definition) is 1. The van der Waals surface area contributed by atoms with E-state index in [1.54, 1.807) is 24.3 Å². The van der Waals surface area contributed by atoms with Gasteiger partial charge in [0.15, 0.2) is 0 Å². The largest absolute Gasteiger partial charge is 0.496 e. The smallest absolute Gasteiger partial charge is 0.330 e. The third-order valence-electron chi connectivity index (χ3n) is 3.67. The monoisotopic (exact) mass is 338 g/mol. The molecule has 2 amide bonds. The molecule has 1 aliphatic heterocycles. The lowest BCUT2D eigenvalue weighted by molar-refractivity contribution is -0.138. The van der Waals surface area contributed by atoms with Gasteiger partial charge in [-0.3, -0.25) is 0 Å². The number of ether oxygens (including phenoxy) is 2. The van der Waals surface area contributed by atoms with E-state index >= 15 is 0 Å². The van der Waals surface area contributed by atoms with Crippen molar-refractivity contribution >= 4 is 29.7 Å². The molecule has 0 aliphatic carbocycles. The van der Waals surface area contributed by atoms with E-state index in [0.717, 1.165) is 12.8 Å². The third-order valence-corrected chi connectivity index (χ3v) is 3.90. The van der Waals surface area contributed by atoms with Crippen LogP contribution in [0.3, 0.4) is 0 Å². The Morgan fingerprint density at radius 1 is 1.48 bits per heavy atom. The van der Waals surface area contributed by atoms with Gasteiger partial charge in [0.2, 0.25) is 0 Å². The molecular weight excluding hydrogens is 320 g/mol. The number of nitrogens with two attached hydrogens (primary N) is 1. The summed E-state index contributed by atoms with van der Waals surface area (Å²) in [6.07, 6.45) is 4.52. The highest BCUT2D eigenvalue weighted by molar-refractivity contribution is 6.30. The normalized spacial score (nSPS) is 17.5. The fourth-order valence-electron chi connectivity index (χ4n) is 2.52. The Hall–Kier alpha value is -2.21. The maximum absolute atomic E-state index is 11.8. The second-order valence-corrected chi connectivity index (χ2v) is 5.61. The summed E-state index contributed by atoms with van der Waals surface area (Å²) in [5.41, 5.74) is 5.96. The molecule has 0 aromatic heterocycles. The molecule has 1 unspecified atom stereocenters. The minimum atomic E-state index is -0.497. The van der Waals surface area contributed by atoms with Crippen molar-refractivity contribution in [1.82, 2.24) is 4.90 Å². The molecule has 0 bridgehead atoms. The molecule has 1 fully saturated rings. The average Bonchev–Trinajstić information content (AvgIpc) is 3.00. The minimum absolute atomic E-state index is 0.138. The molecule has 0 saturated carbocycles. The first-order valence-electron chi connectivity index (χ1n) is 7.25. The maximum Gasteiger partial charge on any atom is 0.330 e. The van der Waals surface area contributed by atoms with Crippen LogP contribution in [-0.4, -0.2) is 43.2 Å². The number of hydrogen-bond acceptors (Lipinski definition) is 4. The fraction of sp³-hybridized carbons (Fsp3) is 0.375. The number of esters is 1. The SMILES string of the molecule is COc1ccc(Cl)cc1C=CC(=O)OCC1CCCN1C(N)=O. The number of halogens is 1. The van der Waals surface area contributed by atoms with Crippen molar-refractivity contribution in [2.24, 2.45) is 5.73 Å². The number of urea groups is 1. The minimum Gasteiger partial charge on any atom is -0.496 e. The van der Waals surface area contributed by atoms with Crippen molar-refractivity contribution in [2.75, 3.05) is 20.3 Å². The molecule has 124 valence electrons. The first-order valence-corrected chi connectivity index (χ1v) is 7.63. The topological polar surface area (TPSA) is 81.9 Å². The van der Waals surface area contributed by atoms with Crippen LogP contribution in [-0.2, 0) is 9.53 Å². The number of amides is 2. The van der Waals surface area contributed by atoms with Crippen molar-refractivity contribution < 1.29 is 19.1 Å². The van der Waals surface area contributed by atoms with Crippen molar-refractivity contribution in [3.05, 3.63) is 34.9 Å². The van der Waals surface area contributed by atoms with E-state index < -0.39 is 12.0 Å².